The average molecular weight is 167 g/mol. The zero-order valence-corrected chi connectivity index (χ0v) is 8.72. The summed E-state index contributed by atoms with van der Waals surface area (Å²) in [6, 6.07) is 1.28. The van der Waals surface area contributed by atoms with Gasteiger partial charge in [0.2, 0.25) is 0 Å². The highest BCUT2D eigenvalue weighted by atomic mass is 15.0. The minimum atomic E-state index is 0.634. The summed E-state index contributed by atoms with van der Waals surface area (Å²) in [6.45, 7) is 9.04. The molecule has 1 heterocycles. The van der Waals surface area contributed by atoms with Crippen LogP contribution in [0.5, 0.6) is 0 Å². The van der Waals surface area contributed by atoms with Crippen LogP contribution in [-0.2, 0) is 0 Å². The summed E-state index contributed by atoms with van der Waals surface area (Å²) in [5, 5.41) is 3.63. The van der Waals surface area contributed by atoms with Gasteiger partial charge in [0.25, 0.3) is 0 Å². The van der Waals surface area contributed by atoms with Gasteiger partial charge in [-0.15, -0.1) is 0 Å². The maximum absolute atomic E-state index is 3.63. The first kappa shape index (κ1) is 9.79. The van der Waals surface area contributed by atoms with Crippen LogP contribution in [0.3, 0.4) is 0 Å². The Hall–Kier alpha value is -0.300. The predicted molar refractivity (Wildman–Crippen MR) is 54.2 cm³/mol. The van der Waals surface area contributed by atoms with Crippen LogP contribution in [0.25, 0.3) is 0 Å². The van der Waals surface area contributed by atoms with Gasteiger partial charge in [0.15, 0.2) is 0 Å². The van der Waals surface area contributed by atoms with Crippen molar-refractivity contribution in [1.82, 2.24) is 5.32 Å². The van der Waals surface area contributed by atoms with E-state index in [9.17, 15) is 0 Å². The Morgan fingerprint density at radius 1 is 1.50 bits per heavy atom. The Labute approximate surface area is 76.2 Å². The quantitative estimate of drug-likeness (QED) is 0.637. The van der Waals surface area contributed by atoms with Crippen molar-refractivity contribution in [3.63, 3.8) is 0 Å². The molecule has 2 atom stereocenters. The monoisotopic (exact) mass is 167 g/mol. The van der Waals surface area contributed by atoms with Crippen LogP contribution >= 0.6 is 0 Å². The predicted octanol–water partition coefficient (Wildman–Crippen LogP) is 2.73. The third-order valence-electron chi connectivity index (χ3n) is 2.56. The van der Waals surface area contributed by atoms with E-state index in [1.54, 1.807) is 0 Å². The second-order valence-corrected chi connectivity index (χ2v) is 4.27. The molecule has 0 saturated carbocycles. The van der Waals surface area contributed by atoms with Crippen molar-refractivity contribution in [3.8, 4) is 0 Å². The van der Waals surface area contributed by atoms with Crippen LogP contribution in [0.4, 0.5) is 0 Å². The fraction of sp³-hybridized carbons (Fsp3) is 0.818. The van der Waals surface area contributed by atoms with E-state index in [0.717, 1.165) is 5.92 Å². The molecule has 1 nitrogen and oxygen atoms in total. The van der Waals surface area contributed by atoms with Gasteiger partial charge in [-0.1, -0.05) is 32.4 Å². The zero-order chi connectivity index (χ0) is 9.14. The van der Waals surface area contributed by atoms with E-state index < -0.39 is 0 Å². The molecule has 0 saturated heterocycles. The minimum Gasteiger partial charge on any atom is -0.304 e. The first-order chi connectivity index (χ1) is 5.63. The topological polar surface area (TPSA) is 12.0 Å². The molecule has 2 unspecified atom stereocenters. The number of hydrogen-bond acceptors (Lipinski definition) is 1. The van der Waals surface area contributed by atoms with Crippen LogP contribution in [-0.4, -0.2) is 12.1 Å². The summed E-state index contributed by atoms with van der Waals surface area (Å²) in [4.78, 5) is 0. The molecule has 0 spiro atoms. The third kappa shape index (κ3) is 2.34. The summed E-state index contributed by atoms with van der Waals surface area (Å²) in [6.07, 6.45) is 4.89. The van der Waals surface area contributed by atoms with E-state index in [4.69, 9.17) is 0 Å². The highest BCUT2D eigenvalue weighted by Gasteiger charge is 2.21. The van der Waals surface area contributed by atoms with Crippen molar-refractivity contribution >= 4 is 0 Å². The lowest BCUT2D eigenvalue weighted by atomic mass is 10.0. The Kier molecular flexibility index (Phi) is 3.33. The molecule has 0 aromatic heterocycles. The second-order valence-electron chi connectivity index (χ2n) is 4.27. The summed E-state index contributed by atoms with van der Waals surface area (Å²) in [5.74, 6) is 0.794. The molecule has 0 radical (unpaired) electrons. The molecule has 0 amide bonds. The Morgan fingerprint density at radius 3 is 2.58 bits per heavy atom. The van der Waals surface area contributed by atoms with Crippen LogP contribution in [0.15, 0.2) is 11.6 Å². The van der Waals surface area contributed by atoms with E-state index in [1.807, 2.05) is 0 Å². The number of hydrogen-bond donors (Lipinski definition) is 1. The van der Waals surface area contributed by atoms with Gasteiger partial charge in [0, 0.05) is 12.1 Å². The fourth-order valence-corrected chi connectivity index (χ4v) is 1.96. The summed E-state index contributed by atoms with van der Waals surface area (Å²) >= 11 is 0. The summed E-state index contributed by atoms with van der Waals surface area (Å²) in [5.41, 5.74) is 1.53. The normalized spacial score (nSPS) is 29.6. The van der Waals surface area contributed by atoms with Gasteiger partial charge in [-0.2, -0.15) is 0 Å². The van der Waals surface area contributed by atoms with Gasteiger partial charge in [0.05, 0.1) is 0 Å². The van der Waals surface area contributed by atoms with E-state index in [0.29, 0.717) is 12.1 Å². The first-order valence-electron chi connectivity index (χ1n) is 5.07. The molecule has 0 aliphatic carbocycles. The molecule has 0 bridgehead atoms. The van der Waals surface area contributed by atoms with Crippen molar-refractivity contribution in [2.75, 3.05) is 0 Å². The SMILES string of the molecule is CCC1NC(CC(C)C)C=C1C. The lowest BCUT2D eigenvalue weighted by Crippen LogP contribution is -2.31. The molecule has 0 fully saturated rings. The molecule has 1 aliphatic rings. The summed E-state index contributed by atoms with van der Waals surface area (Å²) in [7, 11) is 0. The maximum Gasteiger partial charge on any atom is 0.0280 e. The van der Waals surface area contributed by atoms with Gasteiger partial charge in [-0.25, -0.2) is 0 Å². The number of nitrogens with one attached hydrogen (secondary N) is 1. The van der Waals surface area contributed by atoms with E-state index in [-0.39, 0.29) is 0 Å². The molecule has 1 aliphatic heterocycles. The molecular weight excluding hydrogens is 146 g/mol. The van der Waals surface area contributed by atoms with Crippen molar-refractivity contribution in [2.45, 2.75) is 52.6 Å². The van der Waals surface area contributed by atoms with E-state index in [2.05, 4.69) is 39.1 Å². The first-order valence-corrected chi connectivity index (χ1v) is 5.07. The van der Waals surface area contributed by atoms with Gasteiger partial charge < -0.3 is 5.32 Å². The largest absolute Gasteiger partial charge is 0.304 e. The molecule has 0 aromatic carbocycles. The van der Waals surface area contributed by atoms with Crippen LogP contribution in [0, 0.1) is 5.92 Å². The van der Waals surface area contributed by atoms with Crippen LogP contribution in [0.1, 0.15) is 40.5 Å². The summed E-state index contributed by atoms with van der Waals surface area (Å²) < 4.78 is 0. The third-order valence-corrected chi connectivity index (χ3v) is 2.56. The van der Waals surface area contributed by atoms with Crippen LogP contribution < -0.4 is 5.32 Å². The van der Waals surface area contributed by atoms with Crippen molar-refractivity contribution in [1.29, 1.82) is 0 Å². The highest BCUT2D eigenvalue weighted by molar-refractivity contribution is 5.18. The molecule has 1 N–H and O–H groups in total. The van der Waals surface area contributed by atoms with E-state index >= 15 is 0 Å². The van der Waals surface area contributed by atoms with E-state index in [1.165, 1.54) is 18.4 Å². The molecule has 70 valence electrons. The minimum absolute atomic E-state index is 0.634. The molecule has 0 aromatic rings. The Morgan fingerprint density at radius 2 is 2.17 bits per heavy atom. The molecule has 1 rings (SSSR count). The second kappa shape index (κ2) is 4.08. The lowest BCUT2D eigenvalue weighted by molar-refractivity contribution is 0.460. The lowest BCUT2D eigenvalue weighted by Gasteiger charge is -2.15. The van der Waals surface area contributed by atoms with Gasteiger partial charge >= 0.3 is 0 Å². The Balaban J connectivity index is 2.43. The van der Waals surface area contributed by atoms with Gasteiger partial charge in [0.1, 0.15) is 0 Å². The molecule has 1 heteroatoms. The van der Waals surface area contributed by atoms with Crippen LogP contribution in [0.2, 0.25) is 0 Å². The van der Waals surface area contributed by atoms with Gasteiger partial charge in [-0.05, 0) is 25.7 Å². The Bertz CT molecular complexity index is 170. The highest BCUT2D eigenvalue weighted by Crippen LogP contribution is 2.19. The number of rotatable bonds is 3. The smallest absolute Gasteiger partial charge is 0.0280 e. The van der Waals surface area contributed by atoms with Crippen molar-refractivity contribution < 1.29 is 0 Å². The zero-order valence-electron chi connectivity index (χ0n) is 8.72. The van der Waals surface area contributed by atoms with Crippen molar-refractivity contribution in [2.24, 2.45) is 5.92 Å². The maximum atomic E-state index is 3.63. The van der Waals surface area contributed by atoms with Crippen molar-refractivity contribution in [3.05, 3.63) is 11.6 Å². The standard InChI is InChI=1S/C11H21N/c1-5-11-9(4)7-10(12-11)6-8(2)3/h7-8,10-12H,5-6H2,1-4H3. The van der Waals surface area contributed by atoms with Gasteiger partial charge in [-0.3, -0.25) is 0 Å². The molecule has 12 heavy (non-hydrogen) atoms. The average Bonchev–Trinajstić information content (AvgIpc) is 2.29. The molecular formula is C11H21N. The fourth-order valence-electron chi connectivity index (χ4n) is 1.96.